The van der Waals surface area contributed by atoms with Crippen molar-refractivity contribution in [2.24, 2.45) is 12.8 Å². The maximum atomic E-state index is 6.16. The van der Waals surface area contributed by atoms with E-state index in [0.29, 0.717) is 6.61 Å². The lowest BCUT2D eigenvalue weighted by atomic mass is 10.1. The number of pyridine rings is 1. The van der Waals surface area contributed by atoms with Crippen molar-refractivity contribution in [3.8, 4) is 5.75 Å². The second-order valence-corrected chi connectivity index (χ2v) is 4.19. The van der Waals surface area contributed by atoms with Gasteiger partial charge in [0.15, 0.2) is 0 Å². The average Bonchev–Trinajstić information content (AvgIpc) is 2.82. The molecule has 1 unspecified atom stereocenters. The number of ether oxygens (including phenoxy) is 1. The summed E-state index contributed by atoms with van der Waals surface area (Å²) in [5.41, 5.74) is 7.89. The van der Waals surface area contributed by atoms with Crippen LogP contribution in [0.5, 0.6) is 5.75 Å². The zero-order valence-electron chi connectivity index (χ0n) is 10.7. The van der Waals surface area contributed by atoms with Crippen LogP contribution < -0.4 is 10.5 Å². The Kier molecular flexibility index (Phi) is 3.94. The Morgan fingerprint density at radius 3 is 2.94 bits per heavy atom. The first-order chi connectivity index (χ1) is 8.70. The second-order valence-electron chi connectivity index (χ2n) is 4.19. The van der Waals surface area contributed by atoms with E-state index in [9.17, 15) is 0 Å². The van der Waals surface area contributed by atoms with Gasteiger partial charge in [-0.15, -0.1) is 0 Å². The van der Waals surface area contributed by atoms with Crippen molar-refractivity contribution < 1.29 is 4.74 Å². The predicted octanol–water partition coefficient (Wildman–Crippen LogP) is 1.65. The minimum atomic E-state index is -0.274. The third-order valence-electron chi connectivity index (χ3n) is 2.62. The lowest BCUT2D eigenvalue weighted by Crippen LogP contribution is -2.13. The Morgan fingerprint density at radius 1 is 1.44 bits per heavy atom. The molecule has 2 N–H and O–H groups in total. The molecule has 18 heavy (non-hydrogen) atoms. The van der Waals surface area contributed by atoms with Gasteiger partial charge < -0.3 is 10.5 Å². The quantitative estimate of drug-likeness (QED) is 0.871. The van der Waals surface area contributed by atoms with E-state index in [1.165, 1.54) is 0 Å². The van der Waals surface area contributed by atoms with Crippen LogP contribution in [-0.2, 0) is 7.05 Å². The summed E-state index contributed by atoms with van der Waals surface area (Å²) < 4.78 is 7.28. The Labute approximate surface area is 107 Å². The van der Waals surface area contributed by atoms with Gasteiger partial charge in [-0.05, 0) is 24.1 Å². The van der Waals surface area contributed by atoms with Gasteiger partial charge in [0.2, 0.25) is 0 Å². The Bertz CT molecular complexity index is 509. The molecular formula is C13H18N4O. The van der Waals surface area contributed by atoms with Crippen molar-refractivity contribution in [1.29, 1.82) is 0 Å². The van der Waals surface area contributed by atoms with E-state index in [1.807, 2.05) is 25.4 Å². The maximum Gasteiger partial charge on any atom is 0.137 e. The van der Waals surface area contributed by atoms with Crippen LogP contribution in [0, 0.1) is 0 Å². The number of aryl methyl sites for hydroxylation is 1. The molecule has 0 aliphatic carbocycles. The smallest absolute Gasteiger partial charge is 0.137 e. The van der Waals surface area contributed by atoms with Gasteiger partial charge in [0.1, 0.15) is 5.75 Å². The molecule has 2 rings (SSSR count). The van der Waals surface area contributed by atoms with E-state index in [4.69, 9.17) is 10.5 Å². The highest BCUT2D eigenvalue weighted by Crippen LogP contribution is 2.20. The normalized spacial score (nSPS) is 12.4. The molecule has 0 spiro atoms. The van der Waals surface area contributed by atoms with E-state index < -0.39 is 0 Å². The molecule has 5 nitrogen and oxygen atoms in total. The van der Waals surface area contributed by atoms with Crippen molar-refractivity contribution in [1.82, 2.24) is 14.8 Å². The van der Waals surface area contributed by atoms with E-state index in [0.717, 1.165) is 23.4 Å². The molecule has 5 heteroatoms. The molecule has 0 aliphatic heterocycles. The number of hydrogen-bond donors (Lipinski definition) is 1. The van der Waals surface area contributed by atoms with Crippen LogP contribution >= 0.6 is 0 Å². The summed E-state index contributed by atoms with van der Waals surface area (Å²) in [6.07, 6.45) is 6.29. The monoisotopic (exact) mass is 246 g/mol. The number of rotatable bonds is 5. The SMILES string of the molecule is CCCOc1cncc(C(N)c2ccn(C)n2)c1. The zero-order chi connectivity index (χ0) is 13.0. The summed E-state index contributed by atoms with van der Waals surface area (Å²) in [4.78, 5) is 4.15. The van der Waals surface area contributed by atoms with Crippen LogP contribution in [0.2, 0.25) is 0 Å². The van der Waals surface area contributed by atoms with Gasteiger partial charge in [-0.3, -0.25) is 9.67 Å². The average molecular weight is 246 g/mol. The molecule has 0 bridgehead atoms. The Balaban J connectivity index is 2.17. The summed E-state index contributed by atoms with van der Waals surface area (Å²) in [6.45, 7) is 2.75. The fourth-order valence-corrected chi connectivity index (χ4v) is 1.67. The van der Waals surface area contributed by atoms with Crippen LogP contribution in [-0.4, -0.2) is 21.4 Å². The van der Waals surface area contributed by atoms with Crippen LogP contribution in [0.25, 0.3) is 0 Å². The highest BCUT2D eigenvalue weighted by molar-refractivity contribution is 5.30. The lowest BCUT2D eigenvalue weighted by molar-refractivity contribution is 0.315. The third-order valence-corrected chi connectivity index (χ3v) is 2.62. The summed E-state index contributed by atoms with van der Waals surface area (Å²) in [6, 6.07) is 3.55. The summed E-state index contributed by atoms with van der Waals surface area (Å²) in [5, 5.41) is 4.30. The summed E-state index contributed by atoms with van der Waals surface area (Å²) in [7, 11) is 1.87. The molecule has 0 radical (unpaired) electrons. The molecule has 0 fully saturated rings. The third kappa shape index (κ3) is 2.87. The van der Waals surface area contributed by atoms with Gasteiger partial charge in [0.25, 0.3) is 0 Å². The molecule has 0 amide bonds. The van der Waals surface area contributed by atoms with Crippen LogP contribution in [0.3, 0.4) is 0 Å². The van der Waals surface area contributed by atoms with Crippen molar-refractivity contribution in [3.63, 3.8) is 0 Å². The van der Waals surface area contributed by atoms with Crippen LogP contribution in [0.1, 0.15) is 30.6 Å². The van der Waals surface area contributed by atoms with E-state index in [1.54, 1.807) is 17.1 Å². The van der Waals surface area contributed by atoms with Crippen molar-refractivity contribution >= 4 is 0 Å². The summed E-state index contributed by atoms with van der Waals surface area (Å²) in [5.74, 6) is 0.751. The van der Waals surface area contributed by atoms with Gasteiger partial charge in [0, 0.05) is 19.4 Å². The van der Waals surface area contributed by atoms with Gasteiger partial charge in [-0.25, -0.2) is 0 Å². The minimum absolute atomic E-state index is 0.274. The molecular weight excluding hydrogens is 228 g/mol. The first-order valence-corrected chi connectivity index (χ1v) is 6.03. The minimum Gasteiger partial charge on any atom is -0.492 e. The molecule has 2 heterocycles. The Morgan fingerprint density at radius 2 is 2.28 bits per heavy atom. The highest BCUT2D eigenvalue weighted by Gasteiger charge is 2.12. The molecule has 2 aromatic rings. The summed E-state index contributed by atoms with van der Waals surface area (Å²) >= 11 is 0. The lowest BCUT2D eigenvalue weighted by Gasteiger charge is -2.11. The molecule has 0 aliphatic rings. The topological polar surface area (TPSA) is 66.0 Å². The fourth-order valence-electron chi connectivity index (χ4n) is 1.67. The second kappa shape index (κ2) is 5.64. The van der Waals surface area contributed by atoms with E-state index >= 15 is 0 Å². The molecule has 2 aromatic heterocycles. The van der Waals surface area contributed by atoms with Crippen LogP contribution in [0.4, 0.5) is 0 Å². The maximum absolute atomic E-state index is 6.16. The van der Waals surface area contributed by atoms with Gasteiger partial charge in [-0.1, -0.05) is 6.92 Å². The van der Waals surface area contributed by atoms with E-state index in [2.05, 4.69) is 17.0 Å². The van der Waals surface area contributed by atoms with Crippen LogP contribution in [0.15, 0.2) is 30.7 Å². The van der Waals surface area contributed by atoms with Gasteiger partial charge in [0.05, 0.1) is 24.5 Å². The highest BCUT2D eigenvalue weighted by atomic mass is 16.5. The number of hydrogen-bond acceptors (Lipinski definition) is 4. The number of nitrogens with two attached hydrogens (primary N) is 1. The van der Waals surface area contributed by atoms with Crippen molar-refractivity contribution in [3.05, 3.63) is 42.0 Å². The molecule has 0 aromatic carbocycles. The van der Waals surface area contributed by atoms with Gasteiger partial charge >= 0.3 is 0 Å². The first kappa shape index (κ1) is 12.6. The molecule has 0 saturated heterocycles. The number of aromatic nitrogens is 3. The zero-order valence-corrected chi connectivity index (χ0v) is 10.7. The standard InChI is InChI=1S/C13H18N4O/c1-3-6-18-11-7-10(8-15-9-11)13(14)12-4-5-17(2)16-12/h4-5,7-9,13H,3,6,14H2,1-2H3. The van der Waals surface area contributed by atoms with Crippen molar-refractivity contribution in [2.75, 3.05) is 6.61 Å². The van der Waals surface area contributed by atoms with Crippen molar-refractivity contribution in [2.45, 2.75) is 19.4 Å². The number of nitrogens with zero attached hydrogens (tertiary/aromatic N) is 3. The molecule has 96 valence electrons. The largest absolute Gasteiger partial charge is 0.492 e. The first-order valence-electron chi connectivity index (χ1n) is 6.03. The van der Waals surface area contributed by atoms with E-state index in [-0.39, 0.29) is 6.04 Å². The van der Waals surface area contributed by atoms with Gasteiger partial charge in [-0.2, -0.15) is 5.10 Å². The molecule has 0 saturated carbocycles. The predicted molar refractivity (Wildman–Crippen MR) is 69.3 cm³/mol. The Hall–Kier alpha value is -1.88. The fraction of sp³-hybridized carbons (Fsp3) is 0.385. The molecule has 1 atom stereocenters.